The predicted octanol–water partition coefficient (Wildman–Crippen LogP) is 5.33. The Morgan fingerprint density at radius 1 is 1.07 bits per heavy atom. The van der Waals surface area contributed by atoms with Gasteiger partial charge in [0.25, 0.3) is 5.91 Å². The van der Waals surface area contributed by atoms with Crippen molar-refractivity contribution in [3.05, 3.63) is 114 Å². The van der Waals surface area contributed by atoms with E-state index < -0.39 is 0 Å². The van der Waals surface area contributed by atoms with Gasteiger partial charge in [-0.25, -0.2) is 0 Å². The second-order valence-corrected chi connectivity index (χ2v) is 6.57. The summed E-state index contributed by atoms with van der Waals surface area (Å²) in [6.45, 7) is 0.496. The zero-order chi connectivity index (χ0) is 19.2. The van der Waals surface area contributed by atoms with Crippen molar-refractivity contribution in [2.45, 2.75) is 19.4 Å². The first kappa shape index (κ1) is 17.9. The molecule has 0 unspecified atom stereocenters. The summed E-state index contributed by atoms with van der Waals surface area (Å²) in [6.07, 6.45) is 13.0. The number of rotatable bonds is 5. The van der Waals surface area contributed by atoms with Crippen molar-refractivity contribution in [1.29, 1.82) is 0 Å². The highest BCUT2D eigenvalue weighted by molar-refractivity contribution is 5.95. The minimum absolute atomic E-state index is 0.112. The van der Waals surface area contributed by atoms with Gasteiger partial charge in [-0.15, -0.1) is 0 Å². The standard InChI is InChI=1S/C24H21NO3/c26-24(25-15-16-27-23(17-25)20-9-5-2-6-10-20)21-11-13-22(14-12-21)28-18-19-7-3-1-4-8-19/h1-5,7-9,11-17H,6,10,18H2. The number of carbonyl (C=O) groups excluding carboxylic acids is 1. The first-order valence-electron chi connectivity index (χ1n) is 9.30. The molecular weight excluding hydrogens is 350 g/mol. The average molecular weight is 371 g/mol. The van der Waals surface area contributed by atoms with Gasteiger partial charge in [-0.05, 0) is 48.2 Å². The summed E-state index contributed by atoms with van der Waals surface area (Å²) < 4.78 is 11.4. The number of hydrogen-bond acceptors (Lipinski definition) is 3. The van der Waals surface area contributed by atoms with Gasteiger partial charge in [0, 0.05) is 11.8 Å². The average Bonchev–Trinajstić information content (AvgIpc) is 2.79. The van der Waals surface area contributed by atoms with Gasteiger partial charge in [-0.1, -0.05) is 48.6 Å². The van der Waals surface area contributed by atoms with E-state index in [2.05, 4.69) is 6.08 Å². The minimum atomic E-state index is -0.112. The molecule has 2 aliphatic rings. The Bertz CT molecular complexity index is 953. The fraction of sp³-hybridized carbons (Fsp3) is 0.125. The van der Waals surface area contributed by atoms with Crippen LogP contribution in [0.25, 0.3) is 0 Å². The summed E-state index contributed by atoms with van der Waals surface area (Å²) in [4.78, 5) is 14.4. The highest BCUT2D eigenvalue weighted by Gasteiger charge is 2.18. The number of allylic oxidation sites excluding steroid dienone is 4. The van der Waals surface area contributed by atoms with Gasteiger partial charge in [-0.3, -0.25) is 9.69 Å². The summed E-state index contributed by atoms with van der Waals surface area (Å²) in [5.41, 5.74) is 2.78. The van der Waals surface area contributed by atoms with Crippen LogP contribution in [0.1, 0.15) is 28.8 Å². The molecule has 1 heterocycles. The Labute approximate surface area is 164 Å². The number of benzene rings is 2. The van der Waals surface area contributed by atoms with Crippen LogP contribution in [-0.2, 0) is 11.3 Å². The van der Waals surface area contributed by atoms with Crippen LogP contribution in [0.3, 0.4) is 0 Å². The van der Waals surface area contributed by atoms with Gasteiger partial charge in [0.15, 0.2) is 0 Å². The van der Waals surface area contributed by atoms with Crippen molar-refractivity contribution in [3.8, 4) is 5.75 Å². The summed E-state index contributed by atoms with van der Waals surface area (Å²) in [5.74, 6) is 1.33. The molecule has 4 nitrogen and oxygen atoms in total. The van der Waals surface area contributed by atoms with Crippen LogP contribution in [0.2, 0.25) is 0 Å². The van der Waals surface area contributed by atoms with Crippen LogP contribution >= 0.6 is 0 Å². The number of carbonyl (C=O) groups is 1. The van der Waals surface area contributed by atoms with E-state index in [4.69, 9.17) is 9.47 Å². The number of amides is 1. The normalized spacial score (nSPS) is 15.5. The molecule has 2 aromatic carbocycles. The first-order chi connectivity index (χ1) is 13.8. The van der Waals surface area contributed by atoms with Crippen molar-refractivity contribution in [3.63, 3.8) is 0 Å². The molecule has 1 amide bonds. The summed E-state index contributed by atoms with van der Waals surface area (Å²) in [6, 6.07) is 17.2. The van der Waals surface area contributed by atoms with E-state index in [0.717, 1.165) is 29.7 Å². The Morgan fingerprint density at radius 3 is 2.64 bits per heavy atom. The van der Waals surface area contributed by atoms with Gasteiger partial charge in [0.1, 0.15) is 24.4 Å². The van der Waals surface area contributed by atoms with Crippen LogP contribution in [0.4, 0.5) is 0 Å². The van der Waals surface area contributed by atoms with Crippen LogP contribution in [-0.4, -0.2) is 10.8 Å². The van der Waals surface area contributed by atoms with Crippen LogP contribution < -0.4 is 4.74 Å². The molecule has 0 N–H and O–H groups in total. The minimum Gasteiger partial charge on any atom is -0.489 e. The molecule has 4 heteroatoms. The Kier molecular flexibility index (Phi) is 5.38. The zero-order valence-electron chi connectivity index (χ0n) is 15.5. The van der Waals surface area contributed by atoms with E-state index >= 15 is 0 Å². The third-order valence-corrected chi connectivity index (χ3v) is 4.59. The fourth-order valence-corrected chi connectivity index (χ4v) is 3.05. The molecule has 0 aromatic heterocycles. The number of ether oxygens (including phenoxy) is 2. The van der Waals surface area contributed by atoms with Gasteiger partial charge in [0.05, 0.1) is 6.20 Å². The predicted molar refractivity (Wildman–Crippen MR) is 108 cm³/mol. The van der Waals surface area contributed by atoms with Gasteiger partial charge in [-0.2, -0.15) is 0 Å². The van der Waals surface area contributed by atoms with Gasteiger partial charge >= 0.3 is 0 Å². The second-order valence-electron chi connectivity index (χ2n) is 6.57. The van der Waals surface area contributed by atoms with Crippen molar-refractivity contribution >= 4 is 5.91 Å². The third kappa shape index (κ3) is 4.23. The third-order valence-electron chi connectivity index (χ3n) is 4.59. The maximum absolute atomic E-state index is 12.8. The molecule has 0 fully saturated rings. The highest BCUT2D eigenvalue weighted by Crippen LogP contribution is 2.25. The Morgan fingerprint density at radius 2 is 1.89 bits per heavy atom. The van der Waals surface area contributed by atoms with Crippen LogP contribution in [0.5, 0.6) is 5.75 Å². The van der Waals surface area contributed by atoms with Gasteiger partial charge in [0.2, 0.25) is 0 Å². The number of nitrogens with zero attached hydrogens (tertiary/aromatic N) is 1. The Balaban J connectivity index is 1.42. The maximum atomic E-state index is 12.8. The summed E-state index contributed by atoms with van der Waals surface area (Å²) in [5, 5.41) is 0. The molecule has 0 bridgehead atoms. The van der Waals surface area contributed by atoms with Crippen molar-refractivity contribution < 1.29 is 14.3 Å². The van der Waals surface area contributed by atoms with E-state index in [-0.39, 0.29) is 5.91 Å². The quantitative estimate of drug-likeness (QED) is 0.713. The first-order valence-corrected chi connectivity index (χ1v) is 9.30. The second kappa shape index (κ2) is 8.44. The summed E-state index contributed by atoms with van der Waals surface area (Å²) >= 11 is 0. The molecule has 0 radical (unpaired) electrons. The van der Waals surface area contributed by atoms with E-state index in [1.807, 2.05) is 54.6 Å². The van der Waals surface area contributed by atoms with Crippen molar-refractivity contribution in [1.82, 2.24) is 4.90 Å². The van der Waals surface area contributed by atoms with Crippen molar-refractivity contribution in [2.75, 3.05) is 0 Å². The lowest BCUT2D eigenvalue weighted by atomic mass is 10.0. The molecule has 28 heavy (non-hydrogen) atoms. The molecule has 0 saturated carbocycles. The highest BCUT2D eigenvalue weighted by atomic mass is 16.5. The maximum Gasteiger partial charge on any atom is 0.262 e. The van der Waals surface area contributed by atoms with Gasteiger partial charge < -0.3 is 9.47 Å². The lowest BCUT2D eigenvalue weighted by molar-refractivity contribution is 0.0855. The van der Waals surface area contributed by atoms with E-state index in [9.17, 15) is 4.79 Å². The molecule has 0 atom stereocenters. The number of hydrogen-bond donors (Lipinski definition) is 0. The summed E-state index contributed by atoms with van der Waals surface area (Å²) in [7, 11) is 0. The van der Waals surface area contributed by atoms with Crippen LogP contribution in [0.15, 0.2) is 103 Å². The molecule has 0 spiro atoms. The van der Waals surface area contributed by atoms with Crippen LogP contribution in [0, 0.1) is 0 Å². The van der Waals surface area contributed by atoms with Crippen molar-refractivity contribution in [2.24, 2.45) is 0 Å². The SMILES string of the molecule is O=C(c1ccc(OCc2ccccc2)cc1)N1C=COC(C2=CC=CCC2)=C1. The van der Waals surface area contributed by atoms with E-state index in [1.165, 1.54) is 0 Å². The molecular formula is C24H21NO3. The topological polar surface area (TPSA) is 38.8 Å². The molecule has 1 aliphatic heterocycles. The smallest absolute Gasteiger partial charge is 0.262 e. The molecule has 2 aromatic rings. The lowest BCUT2D eigenvalue weighted by Crippen LogP contribution is -2.23. The molecule has 0 saturated heterocycles. The molecule has 1 aliphatic carbocycles. The Hall–Kier alpha value is -3.53. The lowest BCUT2D eigenvalue weighted by Gasteiger charge is -2.22. The fourth-order valence-electron chi connectivity index (χ4n) is 3.05. The van der Waals surface area contributed by atoms with E-state index in [0.29, 0.717) is 17.9 Å². The van der Waals surface area contributed by atoms with E-state index in [1.54, 1.807) is 35.7 Å². The monoisotopic (exact) mass is 371 g/mol. The zero-order valence-corrected chi connectivity index (χ0v) is 15.5. The largest absolute Gasteiger partial charge is 0.489 e. The molecule has 140 valence electrons. The molecule has 4 rings (SSSR count).